The van der Waals surface area contributed by atoms with Crippen molar-refractivity contribution in [1.82, 2.24) is 15.0 Å². The summed E-state index contributed by atoms with van der Waals surface area (Å²) in [5.74, 6) is 0.270. The summed E-state index contributed by atoms with van der Waals surface area (Å²) in [6.07, 6.45) is 1.89. The highest BCUT2D eigenvalue weighted by Gasteiger charge is 2.06. The molecule has 4 nitrogen and oxygen atoms in total. The smallest absolute Gasteiger partial charge is 0.115 e. The maximum Gasteiger partial charge on any atom is 0.115 e. The average Bonchev–Trinajstić information content (AvgIpc) is 2.66. The fourth-order valence-corrected chi connectivity index (χ4v) is 1.62. The van der Waals surface area contributed by atoms with Crippen LogP contribution in [0.3, 0.4) is 0 Å². The van der Waals surface area contributed by atoms with Gasteiger partial charge < -0.3 is 5.11 Å². The fraction of sp³-hybridized carbons (Fsp3) is 0.273. The molecule has 16 heavy (non-hydrogen) atoms. The molecule has 0 spiro atoms. The van der Waals surface area contributed by atoms with Crippen molar-refractivity contribution in [2.45, 2.75) is 18.3 Å². The summed E-state index contributed by atoms with van der Waals surface area (Å²) < 4.78 is 1.75. The van der Waals surface area contributed by atoms with Gasteiger partial charge in [0.1, 0.15) is 5.75 Å². The van der Waals surface area contributed by atoms with Crippen LogP contribution in [0.15, 0.2) is 30.5 Å². The van der Waals surface area contributed by atoms with Crippen molar-refractivity contribution in [1.29, 1.82) is 0 Å². The van der Waals surface area contributed by atoms with Crippen molar-refractivity contribution in [2.75, 3.05) is 0 Å². The monoisotopic (exact) mass is 281 g/mol. The van der Waals surface area contributed by atoms with Gasteiger partial charge in [0.15, 0.2) is 0 Å². The Balaban J connectivity index is 2.14. The van der Waals surface area contributed by atoms with Crippen LogP contribution in [0.4, 0.5) is 0 Å². The van der Waals surface area contributed by atoms with Crippen molar-refractivity contribution in [3.8, 4) is 5.75 Å². The number of aromatic nitrogens is 3. The van der Waals surface area contributed by atoms with Gasteiger partial charge in [-0.05, 0) is 24.6 Å². The molecule has 0 amide bonds. The maximum absolute atomic E-state index is 9.33. The van der Waals surface area contributed by atoms with Gasteiger partial charge in [-0.2, -0.15) is 0 Å². The van der Waals surface area contributed by atoms with Gasteiger partial charge in [-0.3, -0.25) is 0 Å². The van der Waals surface area contributed by atoms with Gasteiger partial charge in [0.05, 0.1) is 17.1 Å². The molecule has 1 aromatic heterocycles. The number of hydrogen-bond acceptors (Lipinski definition) is 3. The zero-order chi connectivity index (χ0) is 11.5. The lowest BCUT2D eigenvalue weighted by Gasteiger charge is -2.01. The number of benzene rings is 1. The number of hydrogen-bond donors (Lipinski definition) is 1. The molecule has 5 heteroatoms. The Morgan fingerprint density at radius 2 is 2.31 bits per heavy atom. The van der Waals surface area contributed by atoms with Gasteiger partial charge in [0.2, 0.25) is 0 Å². The first-order chi connectivity index (χ1) is 7.65. The van der Waals surface area contributed by atoms with Crippen LogP contribution < -0.4 is 0 Å². The molecular weight excluding hydrogens is 270 g/mol. The largest absolute Gasteiger partial charge is 0.508 e. The van der Waals surface area contributed by atoms with Crippen LogP contribution in [0.1, 0.15) is 23.0 Å². The molecule has 0 saturated heterocycles. The SMILES string of the molecule is CC(Br)c1cn(Cc2cccc(O)c2)nn1. The lowest BCUT2D eigenvalue weighted by Crippen LogP contribution is -1.99. The third kappa shape index (κ3) is 2.61. The molecule has 1 heterocycles. The Labute approximate surface area is 102 Å². The summed E-state index contributed by atoms with van der Waals surface area (Å²) in [7, 11) is 0. The number of rotatable bonds is 3. The first-order valence-electron chi connectivity index (χ1n) is 4.97. The molecule has 1 N–H and O–H groups in total. The highest BCUT2D eigenvalue weighted by Crippen LogP contribution is 2.18. The molecule has 2 aromatic rings. The van der Waals surface area contributed by atoms with Crippen LogP contribution in [0.5, 0.6) is 5.75 Å². The first kappa shape index (κ1) is 11.1. The molecule has 0 aliphatic carbocycles. The van der Waals surface area contributed by atoms with Crippen LogP contribution in [0.25, 0.3) is 0 Å². The van der Waals surface area contributed by atoms with Crippen molar-refractivity contribution >= 4 is 15.9 Å². The minimum absolute atomic E-state index is 0.199. The van der Waals surface area contributed by atoms with Gasteiger partial charge in [-0.1, -0.05) is 33.3 Å². The predicted molar refractivity (Wildman–Crippen MR) is 64.6 cm³/mol. The van der Waals surface area contributed by atoms with E-state index in [1.807, 2.05) is 25.3 Å². The van der Waals surface area contributed by atoms with Crippen molar-refractivity contribution < 1.29 is 5.11 Å². The summed E-state index contributed by atoms with van der Waals surface area (Å²) in [5, 5.41) is 17.4. The number of phenolic OH excluding ortho intramolecular Hbond substituents is 1. The molecule has 84 valence electrons. The summed E-state index contributed by atoms with van der Waals surface area (Å²) in [6, 6.07) is 7.13. The molecule has 1 atom stereocenters. The Morgan fingerprint density at radius 1 is 1.50 bits per heavy atom. The summed E-state index contributed by atoms with van der Waals surface area (Å²) in [6.45, 7) is 2.61. The molecule has 0 aliphatic rings. The zero-order valence-corrected chi connectivity index (χ0v) is 10.4. The summed E-state index contributed by atoms with van der Waals surface area (Å²) >= 11 is 3.44. The van der Waals surface area contributed by atoms with E-state index in [9.17, 15) is 5.11 Å². The number of aromatic hydroxyl groups is 1. The predicted octanol–water partition coefficient (Wildman–Crippen LogP) is 2.49. The molecule has 2 rings (SSSR count). The minimum atomic E-state index is 0.199. The van der Waals surface area contributed by atoms with Gasteiger partial charge >= 0.3 is 0 Å². The van der Waals surface area contributed by atoms with Gasteiger partial charge in [0, 0.05) is 6.20 Å². The standard InChI is InChI=1S/C11H12BrN3O/c1-8(12)11-7-15(14-13-11)6-9-3-2-4-10(16)5-9/h2-5,7-8,16H,6H2,1H3. The van der Waals surface area contributed by atoms with E-state index in [4.69, 9.17) is 0 Å². The van der Waals surface area contributed by atoms with Crippen LogP contribution in [-0.2, 0) is 6.54 Å². The topological polar surface area (TPSA) is 50.9 Å². The highest BCUT2D eigenvalue weighted by molar-refractivity contribution is 9.09. The van der Waals surface area contributed by atoms with Gasteiger partial charge in [-0.25, -0.2) is 4.68 Å². The summed E-state index contributed by atoms with van der Waals surface area (Å²) in [4.78, 5) is 0.199. The third-order valence-electron chi connectivity index (χ3n) is 2.22. The second kappa shape index (κ2) is 4.65. The van der Waals surface area contributed by atoms with Crippen molar-refractivity contribution in [3.63, 3.8) is 0 Å². The van der Waals surface area contributed by atoms with E-state index in [-0.39, 0.29) is 10.6 Å². The van der Waals surface area contributed by atoms with Gasteiger partial charge in [0.25, 0.3) is 0 Å². The number of alkyl halides is 1. The van der Waals surface area contributed by atoms with Crippen LogP contribution in [0.2, 0.25) is 0 Å². The quantitative estimate of drug-likeness (QED) is 0.880. The number of halogens is 1. The molecule has 0 aliphatic heterocycles. The van der Waals surface area contributed by atoms with E-state index in [0.29, 0.717) is 6.54 Å². The first-order valence-corrected chi connectivity index (χ1v) is 5.89. The Bertz CT molecular complexity index is 482. The second-order valence-electron chi connectivity index (χ2n) is 3.63. The van der Waals surface area contributed by atoms with Crippen LogP contribution in [-0.4, -0.2) is 20.1 Å². The van der Waals surface area contributed by atoms with E-state index in [1.165, 1.54) is 0 Å². The molecule has 0 bridgehead atoms. The molecular formula is C11H12BrN3O. The molecule has 0 radical (unpaired) electrons. The number of nitrogens with zero attached hydrogens (tertiary/aromatic N) is 3. The molecule has 0 saturated carbocycles. The Kier molecular flexibility index (Phi) is 3.24. The van der Waals surface area contributed by atoms with E-state index in [2.05, 4.69) is 26.2 Å². The summed E-state index contributed by atoms with van der Waals surface area (Å²) in [5.41, 5.74) is 1.90. The van der Waals surface area contributed by atoms with Crippen molar-refractivity contribution in [2.24, 2.45) is 0 Å². The average molecular weight is 282 g/mol. The third-order valence-corrected chi connectivity index (χ3v) is 2.69. The van der Waals surface area contributed by atoms with Crippen LogP contribution in [0, 0.1) is 0 Å². The van der Waals surface area contributed by atoms with E-state index in [0.717, 1.165) is 11.3 Å². The van der Waals surface area contributed by atoms with E-state index < -0.39 is 0 Å². The zero-order valence-electron chi connectivity index (χ0n) is 8.84. The highest BCUT2D eigenvalue weighted by atomic mass is 79.9. The fourth-order valence-electron chi connectivity index (χ4n) is 1.41. The molecule has 0 fully saturated rings. The van der Waals surface area contributed by atoms with Crippen molar-refractivity contribution in [3.05, 3.63) is 41.7 Å². The Morgan fingerprint density at radius 3 is 2.94 bits per heavy atom. The normalized spacial score (nSPS) is 12.6. The van der Waals surface area contributed by atoms with Crippen LogP contribution >= 0.6 is 15.9 Å². The lowest BCUT2D eigenvalue weighted by molar-refractivity contribution is 0.474. The maximum atomic E-state index is 9.33. The van der Waals surface area contributed by atoms with E-state index in [1.54, 1.807) is 16.8 Å². The Hall–Kier alpha value is -1.36. The number of phenols is 1. The minimum Gasteiger partial charge on any atom is -0.508 e. The molecule has 1 unspecified atom stereocenters. The second-order valence-corrected chi connectivity index (χ2v) is 5.00. The van der Waals surface area contributed by atoms with E-state index >= 15 is 0 Å². The van der Waals surface area contributed by atoms with Gasteiger partial charge in [-0.15, -0.1) is 5.10 Å². The molecule has 1 aromatic carbocycles. The lowest BCUT2D eigenvalue weighted by atomic mass is 10.2.